The van der Waals surface area contributed by atoms with E-state index in [9.17, 15) is 15.3 Å². The Morgan fingerprint density at radius 3 is 2.61 bits per heavy atom. The molecule has 5 N–H and O–H groups in total. The van der Waals surface area contributed by atoms with Gasteiger partial charge in [-0.05, 0) is 0 Å². The highest BCUT2D eigenvalue weighted by molar-refractivity contribution is 6.47. The highest BCUT2D eigenvalue weighted by atomic mass is 16.6. The molecule has 28 heavy (non-hydrogen) atoms. The fourth-order valence-electron chi connectivity index (χ4n) is 4.23. The van der Waals surface area contributed by atoms with Gasteiger partial charge in [0.15, 0.2) is 17.2 Å². The summed E-state index contributed by atoms with van der Waals surface area (Å²) in [7, 11) is 0. The van der Waals surface area contributed by atoms with Crippen LogP contribution in [0, 0.1) is 5.92 Å². The molecule has 0 radical (unpaired) electrons. The van der Waals surface area contributed by atoms with Crippen molar-refractivity contribution in [2.45, 2.75) is 43.5 Å². The van der Waals surface area contributed by atoms with Crippen LogP contribution in [0.4, 0.5) is 0 Å². The van der Waals surface area contributed by atoms with E-state index in [2.05, 4.69) is 15.0 Å². The lowest BCUT2D eigenvalue weighted by atomic mass is 9.88. The maximum absolute atomic E-state index is 10.9. The van der Waals surface area contributed by atoms with Gasteiger partial charge in [-0.2, -0.15) is 0 Å². The molecular weight excluding hydrogens is 362 g/mol. The maximum Gasteiger partial charge on any atom is 0.181 e. The first-order chi connectivity index (χ1) is 13.4. The number of aliphatic hydroxyl groups is 3. The number of benzene rings is 1. The Morgan fingerprint density at radius 1 is 1.29 bits per heavy atom. The smallest absolute Gasteiger partial charge is 0.181 e. The number of aliphatic imine (C=N–C) groups is 3. The van der Waals surface area contributed by atoms with Crippen LogP contribution < -0.4 is 5.73 Å². The first-order valence-corrected chi connectivity index (χ1v) is 9.30. The van der Waals surface area contributed by atoms with Crippen LogP contribution in [-0.4, -0.2) is 75.4 Å². The quantitative estimate of drug-likeness (QED) is 0.546. The van der Waals surface area contributed by atoms with Gasteiger partial charge in [0, 0.05) is 11.5 Å². The average molecular weight is 387 g/mol. The van der Waals surface area contributed by atoms with Gasteiger partial charge in [-0.25, -0.2) is 9.98 Å². The van der Waals surface area contributed by atoms with Gasteiger partial charge in [0.05, 0.1) is 6.61 Å². The second kappa shape index (κ2) is 6.71. The normalized spacial score (nSPS) is 37.2. The van der Waals surface area contributed by atoms with Gasteiger partial charge in [0.2, 0.25) is 0 Å². The Bertz CT molecular complexity index is 842. The zero-order valence-corrected chi connectivity index (χ0v) is 15.8. The summed E-state index contributed by atoms with van der Waals surface area (Å²) in [4.78, 5) is 15.1. The molecule has 5 atom stereocenters. The van der Waals surface area contributed by atoms with Crippen molar-refractivity contribution >= 4 is 17.9 Å². The number of aliphatic hydroxyl groups excluding tert-OH is 3. The molecule has 4 rings (SSSR count). The standard InChI is InChI=1S/C19H25N5O4/c1-11(2)19(16(27)14(26)13(8-25)28-19)24-10-22-15-17(24)21-9-23-18(15,20)12-6-4-3-5-7-12/h3-7,9,11,13-14,16,25-27H,8,10,20H2,1-2H3/t13-,14-,16-,18?,19-/m1/s1. The van der Waals surface area contributed by atoms with Gasteiger partial charge in [-0.15, -0.1) is 0 Å². The van der Waals surface area contributed by atoms with E-state index in [1.165, 1.54) is 6.34 Å². The van der Waals surface area contributed by atoms with E-state index in [0.29, 0.717) is 11.5 Å². The highest BCUT2D eigenvalue weighted by Crippen LogP contribution is 2.43. The van der Waals surface area contributed by atoms with Gasteiger partial charge >= 0.3 is 0 Å². The van der Waals surface area contributed by atoms with Crippen LogP contribution in [0.15, 0.2) is 45.3 Å². The minimum Gasteiger partial charge on any atom is -0.394 e. The first kappa shape index (κ1) is 19.2. The van der Waals surface area contributed by atoms with Crippen molar-refractivity contribution in [3.63, 3.8) is 0 Å². The third kappa shape index (κ3) is 2.48. The summed E-state index contributed by atoms with van der Waals surface area (Å²) >= 11 is 0. The molecule has 1 saturated heterocycles. The van der Waals surface area contributed by atoms with Crippen LogP contribution in [-0.2, 0) is 10.4 Å². The van der Waals surface area contributed by atoms with Gasteiger partial charge in [0.25, 0.3) is 0 Å². The van der Waals surface area contributed by atoms with Crippen molar-refractivity contribution in [2.24, 2.45) is 26.6 Å². The SMILES string of the molecule is CC(C)[C@@]1(N2CN=C3C2=NC=NC3(N)c2ccccc2)O[C@H](CO)[C@@H](O)[C@H]1O. The summed E-state index contributed by atoms with van der Waals surface area (Å²) in [5.74, 6) is 0.202. The van der Waals surface area contributed by atoms with Gasteiger partial charge in [0.1, 0.15) is 37.0 Å². The Morgan fingerprint density at radius 2 is 2.00 bits per heavy atom. The second-order valence-corrected chi connectivity index (χ2v) is 7.59. The monoisotopic (exact) mass is 387 g/mol. The zero-order chi connectivity index (χ0) is 20.1. The largest absolute Gasteiger partial charge is 0.394 e. The van der Waals surface area contributed by atoms with Crippen LogP contribution in [0.25, 0.3) is 0 Å². The van der Waals surface area contributed by atoms with Crippen molar-refractivity contribution in [3.05, 3.63) is 35.9 Å². The molecule has 1 aromatic carbocycles. The van der Waals surface area contributed by atoms with E-state index in [1.807, 2.05) is 44.2 Å². The maximum atomic E-state index is 10.9. The molecule has 1 unspecified atom stereocenters. The molecule has 0 saturated carbocycles. The molecule has 3 heterocycles. The number of ether oxygens (including phenoxy) is 1. The van der Waals surface area contributed by atoms with Gasteiger partial charge < -0.3 is 25.0 Å². The summed E-state index contributed by atoms with van der Waals surface area (Å²) in [6.45, 7) is 3.48. The van der Waals surface area contributed by atoms with Crippen molar-refractivity contribution in [3.8, 4) is 0 Å². The third-order valence-electron chi connectivity index (χ3n) is 5.75. The molecule has 3 aliphatic heterocycles. The van der Waals surface area contributed by atoms with Crippen LogP contribution >= 0.6 is 0 Å². The van der Waals surface area contributed by atoms with Crippen molar-refractivity contribution in [1.29, 1.82) is 0 Å². The van der Waals surface area contributed by atoms with Gasteiger partial charge in [-0.1, -0.05) is 44.2 Å². The molecule has 9 nitrogen and oxygen atoms in total. The second-order valence-electron chi connectivity index (χ2n) is 7.59. The third-order valence-corrected chi connectivity index (χ3v) is 5.75. The van der Waals surface area contributed by atoms with Crippen LogP contribution in [0.2, 0.25) is 0 Å². The Kier molecular flexibility index (Phi) is 4.59. The number of hydrogen-bond donors (Lipinski definition) is 4. The number of hydrogen-bond acceptors (Lipinski definition) is 9. The lowest BCUT2D eigenvalue weighted by Gasteiger charge is -2.45. The fraction of sp³-hybridized carbons (Fsp3) is 0.526. The van der Waals surface area contributed by atoms with E-state index < -0.39 is 36.3 Å². The summed E-state index contributed by atoms with van der Waals surface area (Å²) in [5, 5.41) is 30.8. The van der Waals surface area contributed by atoms with Crippen molar-refractivity contribution < 1.29 is 20.1 Å². The lowest BCUT2D eigenvalue weighted by molar-refractivity contribution is -0.186. The van der Waals surface area contributed by atoms with Crippen LogP contribution in [0.1, 0.15) is 19.4 Å². The minimum absolute atomic E-state index is 0.142. The molecule has 1 fully saturated rings. The summed E-state index contributed by atoms with van der Waals surface area (Å²) in [5.41, 5.74) is 5.36. The molecule has 0 spiro atoms. The molecule has 150 valence electrons. The van der Waals surface area contributed by atoms with E-state index in [1.54, 1.807) is 4.90 Å². The van der Waals surface area contributed by atoms with Crippen molar-refractivity contribution in [2.75, 3.05) is 13.3 Å². The Hall–Kier alpha value is -2.17. The first-order valence-electron chi connectivity index (χ1n) is 9.30. The molecule has 9 heteroatoms. The molecular formula is C19H25N5O4. The number of nitrogens with two attached hydrogens (primary N) is 1. The lowest BCUT2D eigenvalue weighted by Crippen LogP contribution is -2.63. The topological polar surface area (TPSA) is 136 Å². The van der Waals surface area contributed by atoms with E-state index >= 15 is 0 Å². The summed E-state index contributed by atoms with van der Waals surface area (Å²) in [6, 6.07) is 9.38. The highest BCUT2D eigenvalue weighted by Gasteiger charge is 2.62. The number of rotatable bonds is 4. The molecule has 0 aromatic heterocycles. The predicted molar refractivity (Wildman–Crippen MR) is 104 cm³/mol. The summed E-state index contributed by atoms with van der Waals surface area (Å²) in [6.07, 6.45) is -2.01. The molecule has 0 amide bonds. The number of amidine groups is 1. The van der Waals surface area contributed by atoms with Crippen LogP contribution in [0.3, 0.4) is 0 Å². The fourth-order valence-corrected chi connectivity index (χ4v) is 4.23. The van der Waals surface area contributed by atoms with E-state index in [-0.39, 0.29) is 12.6 Å². The zero-order valence-electron chi connectivity index (χ0n) is 15.8. The number of nitrogens with zero attached hydrogens (tertiary/aromatic N) is 4. The van der Waals surface area contributed by atoms with E-state index in [4.69, 9.17) is 10.5 Å². The molecule has 0 aliphatic carbocycles. The Labute approximate surface area is 162 Å². The van der Waals surface area contributed by atoms with E-state index in [0.717, 1.165) is 5.56 Å². The number of fused-ring (bicyclic) bond motifs is 1. The molecule has 0 bridgehead atoms. The molecule has 1 aromatic rings. The minimum atomic E-state index is -1.31. The molecule has 3 aliphatic rings. The van der Waals surface area contributed by atoms with Crippen LogP contribution in [0.5, 0.6) is 0 Å². The Balaban J connectivity index is 1.75. The summed E-state index contributed by atoms with van der Waals surface area (Å²) < 4.78 is 6.03. The average Bonchev–Trinajstić information content (AvgIpc) is 3.24. The predicted octanol–water partition coefficient (Wildman–Crippen LogP) is -0.582. The van der Waals surface area contributed by atoms with Crippen molar-refractivity contribution in [1.82, 2.24) is 4.90 Å². The van der Waals surface area contributed by atoms with Gasteiger partial charge in [-0.3, -0.25) is 10.7 Å².